The van der Waals surface area contributed by atoms with Crippen molar-refractivity contribution in [3.63, 3.8) is 0 Å². The van der Waals surface area contributed by atoms with Crippen molar-refractivity contribution in [3.05, 3.63) is 17.7 Å². The average molecular weight is 273 g/mol. The monoisotopic (exact) mass is 273 g/mol. The van der Waals surface area contributed by atoms with E-state index < -0.39 is 0 Å². The third-order valence-corrected chi connectivity index (χ3v) is 6.10. The highest BCUT2D eigenvalue weighted by Crippen LogP contribution is 2.58. The van der Waals surface area contributed by atoms with E-state index in [2.05, 4.69) is 17.7 Å². The molecule has 0 aliphatic heterocycles. The van der Waals surface area contributed by atoms with Crippen molar-refractivity contribution in [3.8, 4) is 0 Å². The van der Waals surface area contributed by atoms with Crippen LogP contribution >= 0.6 is 0 Å². The molecule has 20 heavy (non-hydrogen) atoms. The molecule has 3 nitrogen and oxygen atoms in total. The van der Waals surface area contributed by atoms with Gasteiger partial charge in [0.15, 0.2) is 0 Å². The number of rotatable bonds is 4. The second-order valence-corrected chi connectivity index (χ2v) is 7.50. The van der Waals surface area contributed by atoms with Crippen molar-refractivity contribution in [1.82, 2.24) is 9.55 Å². The molecule has 0 aromatic carbocycles. The quantitative estimate of drug-likeness (QED) is 0.916. The fourth-order valence-electron chi connectivity index (χ4n) is 5.60. The normalized spacial score (nSPS) is 38.6. The lowest BCUT2D eigenvalue weighted by Crippen LogP contribution is -2.46. The Morgan fingerprint density at radius 3 is 2.40 bits per heavy atom. The van der Waals surface area contributed by atoms with Gasteiger partial charge in [-0.05, 0) is 82.1 Å². The van der Waals surface area contributed by atoms with Gasteiger partial charge in [0.1, 0.15) is 5.82 Å². The van der Waals surface area contributed by atoms with Gasteiger partial charge in [0.25, 0.3) is 0 Å². The van der Waals surface area contributed by atoms with Crippen LogP contribution in [-0.2, 0) is 6.42 Å². The number of imidazole rings is 1. The van der Waals surface area contributed by atoms with Gasteiger partial charge >= 0.3 is 0 Å². The van der Waals surface area contributed by atoms with Crippen molar-refractivity contribution in [2.75, 3.05) is 6.54 Å². The summed E-state index contributed by atoms with van der Waals surface area (Å²) >= 11 is 0. The molecule has 4 fully saturated rings. The molecule has 110 valence electrons. The summed E-state index contributed by atoms with van der Waals surface area (Å²) in [6.45, 7) is 2.96. The van der Waals surface area contributed by atoms with Crippen LogP contribution in [0.1, 0.15) is 56.1 Å². The van der Waals surface area contributed by atoms with Gasteiger partial charge < -0.3 is 10.3 Å². The highest BCUT2D eigenvalue weighted by atomic mass is 15.1. The lowest BCUT2D eigenvalue weighted by Gasteiger charge is -2.54. The van der Waals surface area contributed by atoms with Gasteiger partial charge in [0.2, 0.25) is 0 Å². The van der Waals surface area contributed by atoms with Crippen molar-refractivity contribution in [2.24, 2.45) is 29.4 Å². The molecule has 2 N–H and O–H groups in total. The Balaban J connectivity index is 1.59. The predicted molar refractivity (Wildman–Crippen MR) is 80.4 cm³/mol. The summed E-state index contributed by atoms with van der Waals surface area (Å²) in [7, 11) is 0. The van der Waals surface area contributed by atoms with Crippen LogP contribution in [0.5, 0.6) is 0 Å². The first-order valence-electron chi connectivity index (χ1n) is 8.49. The van der Waals surface area contributed by atoms with E-state index in [-0.39, 0.29) is 0 Å². The second kappa shape index (κ2) is 4.87. The average Bonchev–Trinajstić information content (AvgIpc) is 2.76. The van der Waals surface area contributed by atoms with Crippen LogP contribution in [-0.4, -0.2) is 16.1 Å². The van der Waals surface area contributed by atoms with Gasteiger partial charge in [-0.1, -0.05) is 0 Å². The topological polar surface area (TPSA) is 43.8 Å². The molecule has 0 spiro atoms. The van der Waals surface area contributed by atoms with Crippen molar-refractivity contribution < 1.29 is 0 Å². The number of hydrogen-bond acceptors (Lipinski definition) is 2. The maximum Gasteiger partial charge on any atom is 0.106 e. The molecular formula is C17H27N3. The summed E-state index contributed by atoms with van der Waals surface area (Å²) in [6.07, 6.45) is 11.9. The number of nitrogens with zero attached hydrogens (tertiary/aromatic N) is 2. The van der Waals surface area contributed by atoms with E-state index >= 15 is 0 Å². The van der Waals surface area contributed by atoms with E-state index in [1.54, 1.807) is 0 Å². The first-order chi connectivity index (χ1) is 9.74. The Morgan fingerprint density at radius 1 is 1.15 bits per heavy atom. The number of hydrogen-bond donors (Lipinski definition) is 1. The molecule has 0 amide bonds. The number of nitrogens with two attached hydrogens (primary N) is 1. The van der Waals surface area contributed by atoms with E-state index in [0.29, 0.717) is 0 Å². The SMILES string of the molecule is Cc1nc(CCCN)cn1C1C2CC3CC(C2)CC1C3. The minimum Gasteiger partial charge on any atom is -0.331 e. The first-order valence-corrected chi connectivity index (χ1v) is 8.49. The third-order valence-electron chi connectivity index (χ3n) is 6.10. The molecule has 5 rings (SSSR count). The van der Waals surface area contributed by atoms with Gasteiger partial charge in [-0.3, -0.25) is 0 Å². The second-order valence-electron chi connectivity index (χ2n) is 7.50. The van der Waals surface area contributed by atoms with Gasteiger partial charge in [0.05, 0.1) is 5.69 Å². The van der Waals surface area contributed by atoms with Crippen LogP contribution in [0.2, 0.25) is 0 Å². The van der Waals surface area contributed by atoms with Crippen LogP contribution < -0.4 is 5.73 Å². The summed E-state index contributed by atoms with van der Waals surface area (Å²) < 4.78 is 2.54. The molecule has 4 saturated carbocycles. The van der Waals surface area contributed by atoms with Gasteiger partial charge in [-0.25, -0.2) is 4.98 Å². The van der Waals surface area contributed by atoms with Gasteiger partial charge in [0, 0.05) is 12.2 Å². The van der Waals surface area contributed by atoms with Crippen LogP contribution in [0.25, 0.3) is 0 Å². The van der Waals surface area contributed by atoms with Gasteiger partial charge in [-0.15, -0.1) is 0 Å². The summed E-state index contributed by atoms with van der Waals surface area (Å²) in [4.78, 5) is 4.79. The Labute approximate surface area is 122 Å². The summed E-state index contributed by atoms with van der Waals surface area (Å²) in [5.41, 5.74) is 6.88. The zero-order valence-corrected chi connectivity index (χ0v) is 12.6. The van der Waals surface area contributed by atoms with Crippen molar-refractivity contribution >= 4 is 0 Å². The molecule has 1 heterocycles. The largest absolute Gasteiger partial charge is 0.331 e. The highest BCUT2D eigenvalue weighted by molar-refractivity contribution is 5.09. The molecule has 1 aromatic rings. The zero-order chi connectivity index (χ0) is 13.7. The van der Waals surface area contributed by atoms with Gasteiger partial charge in [-0.2, -0.15) is 0 Å². The first kappa shape index (κ1) is 12.9. The Morgan fingerprint density at radius 2 is 1.80 bits per heavy atom. The highest BCUT2D eigenvalue weighted by Gasteiger charge is 2.49. The molecule has 0 atom stereocenters. The summed E-state index contributed by atoms with van der Waals surface area (Å²) in [5, 5.41) is 0. The van der Waals surface area contributed by atoms with Crippen LogP contribution in [0.4, 0.5) is 0 Å². The summed E-state index contributed by atoms with van der Waals surface area (Å²) in [5.74, 6) is 5.20. The molecule has 0 saturated heterocycles. The molecular weight excluding hydrogens is 246 g/mol. The molecule has 0 radical (unpaired) electrons. The van der Waals surface area contributed by atoms with E-state index in [0.717, 1.165) is 49.1 Å². The molecule has 4 aliphatic carbocycles. The fraction of sp³-hybridized carbons (Fsp3) is 0.824. The number of aromatic nitrogens is 2. The number of aryl methyl sites for hydroxylation is 2. The van der Waals surface area contributed by atoms with Crippen LogP contribution in [0.15, 0.2) is 6.20 Å². The smallest absolute Gasteiger partial charge is 0.106 e. The molecule has 4 bridgehead atoms. The zero-order valence-electron chi connectivity index (χ0n) is 12.6. The minimum atomic E-state index is 0.752. The van der Waals surface area contributed by atoms with Crippen LogP contribution in [0.3, 0.4) is 0 Å². The summed E-state index contributed by atoms with van der Waals surface area (Å²) in [6, 6.07) is 0.752. The lowest BCUT2D eigenvalue weighted by molar-refractivity contribution is -0.0298. The lowest BCUT2D eigenvalue weighted by atomic mass is 9.54. The van der Waals surface area contributed by atoms with Crippen molar-refractivity contribution in [2.45, 2.75) is 57.9 Å². The minimum absolute atomic E-state index is 0.752. The van der Waals surface area contributed by atoms with Crippen LogP contribution in [0, 0.1) is 30.6 Å². The van der Waals surface area contributed by atoms with E-state index in [4.69, 9.17) is 10.7 Å². The van der Waals surface area contributed by atoms with E-state index in [1.165, 1.54) is 43.6 Å². The van der Waals surface area contributed by atoms with Crippen molar-refractivity contribution in [1.29, 1.82) is 0 Å². The molecule has 3 heteroatoms. The van der Waals surface area contributed by atoms with E-state index in [1.807, 2.05) is 0 Å². The molecule has 4 aliphatic rings. The maximum absolute atomic E-state index is 5.62. The van der Waals surface area contributed by atoms with E-state index in [9.17, 15) is 0 Å². The molecule has 1 aromatic heterocycles. The third kappa shape index (κ3) is 2.02. The Kier molecular flexibility index (Phi) is 3.13. The Bertz CT molecular complexity index is 462. The molecule has 0 unspecified atom stereocenters. The fourth-order valence-corrected chi connectivity index (χ4v) is 5.60. The predicted octanol–water partition coefficient (Wildman–Crippen LogP) is 3.08. The Hall–Kier alpha value is -0.830. The maximum atomic E-state index is 5.62. The standard InChI is InChI=1S/C17H27N3/c1-11-19-16(3-2-4-18)10-20(11)17-14-6-12-5-13(8-14)9-15(17)7-12/h10,12-15,17H,2-9,18H2,1H3.